The van der Waals surface area contributed by atoms with E-state index in [9.17, 15) is 14.4 Å². The van der Waals surface area contributed by atoms with Gasteiger partial charge in [-0.3, -0.25) is 14.4 Å². The molecule has 4 rings (SSSR count). The third kappa shape index (κ3) is 5.50. The molecule has 1 unspecified atom stereocenters. The van der Waals surface area contributed by atoms with Crippen LogP contribution in [0, 0.1) is 5.92 Å². The van der Waals surface area contributed by atoms with Crippen LogP contribution in [-0.2, 0) is 4.79 Å². The highest BCUT2D eigenvalue weighted by molar-refractivity contribution is 5.98. The maximum Gasteiger partial charge on any atom is 0.257 e. The van der Waals surface area contributed by atoms with Crippen molar-refractivity contribution in [1.82, 2.24) is 15.5 Å². The van der Waals surface area contributed by atoms with E-state index in [0.29, 0.717) is 60.9 Å². The van der Waals surface area contributed by atoms with Gasteiger partial charge in [0.05, 0.1) is 12.7 Å². The number of rotatable bonds is 8. The number of carbonyl (C=O) groups is 3. The smallest absolute Gasteiger partial charge is 0.257 e. The fraction of sp³-hybridized carbons (Fsp3) is 0.423. The van der Waals surface area contributed by atoms with Crippen molar-refractivity contribution < 1.29 is 28.6 Å². The van der Waals surface area contributed by atoms with Gasteiger partial charge >= 0.3 is 0 Å². The number of nitrogens with zero attached hydrogens (tertiary/aromatic N) is 1. The predicted molar refractivity (Wildman–Crippen MR) is 129 cm³/mol. The second-order valence-electron chi connectivity index (χ2n) is 8.64. The molecule has 2 aliphatic heterocycles. The van der Waals surface area contributed by atoms with Gasteiger partial charge in [0.2, 0.25) is 12.7 Å². The average Bonchev–Trinajstić information content (AvgIpc) is 3.38. The topological polar surface area (TPSA) is 106 Å². The molecule has 0 radical (unpaired) electrons. The van der Waals surface area contributed by atoms with Crippen LogP contribution in [0.15, 0.2) is 42.5 Å². The summed E-state index contributed by atoms with van der Waals surface area (Å²) < 4.78 is 16.0. The van der Waals surface area contributed by atoms with Crippen LogP contribution >= 0.6 is 0 Å². The highest BCUT2D eigenvalue weighted by Gasteiger charge is 2.34. The maximum atomic E-state index is 13.1. The van der Waals surface area contributed by atoms with Gasteiger partial charge in [-0.15, -0.1) is 0 Å². The third-order valence-corrected chi connectivity index (χ3v) is 6.39. The third-order valence-electron chi connectivity index (χ3n) is 6.39. The van der Waals surface area contributed by atoms with E-state index in [1.54, 1.807) is 42.3 Å². The first-order valence-electron chi connectivity index (χ1n) is 11.9. The minimum atomic E-state index is -0.706. The first-order valence-corrected chi connectivity index (χ1v) is 11.9. The molecule has 1 fully saturated rings. The minimum absolute atomic E-state index is 0.0997. The Morgan fingerprint density at radius 3 is 2.57 bits per heavy atom. The second kappa shape index (κ2) is 11.1. The summed E-state index contributed by atoms with van der Waals surface area (Å²) in [6, 6.07) is 11.4. The van der Waals surface area contributed by atoms with E-state index in [4.69, 9.17) is 14.2 Å². The fourth-order valence-corrected chi connectivity index (χ4v) is 4.45. The highest BCUT2D eigenvalue weighted by Crippen LogP contribution is 2.32. The lowest BCUT2D eigenvalue weighted by molar-refractivity contribution is -0.124. The van der Waals surface area contributed by atoms with E-state index < -0.39 is 6.04 Å². The number of hydrogen-bond acceptors (Lipinski definition) is 6. The molecule has 2 aliphatic rings. The molecule has 0 saturated carbocycles. The minimum Gasteiger partial charge on any atom is -0.496 e. The number of fused-ring (bicyclic) bond motifs is 1. The molecular weight excluding hydrogens is 450 g/mol. The lowest BCUT2D eigenvalue weighted by Crippen LogP contribution is -2.54. The lowest BCUT2D eigenvalue weighted by atomic mass is 9.88. The number of amides is 3. The highest BCUT2D eigenvalue weighted by atomic mass is 16.7. The first kappa shape index (κ1) is 24.4. The van der Waals surface area contributed by atoms with E-state index in [-0.39, 0.29) is 30.4 Å². The number of likely N-dealkylation sites (tertiary alicyclic amines) is 1. The number of methoxy groups -OCH3 is 1. The molecule has 186 valence electrons. The largest absolute Gasteiger partial charge is 0.496 e. The molecule has 9 nitrogen and oxygen atoms in total. The van der Waals surface area contributed by atoms with Crippen LogP contribution in [0.4, 0.5) is 0 Å². The molecule has 1 saturated heterocycles. The molecule has 0 aromatic heterocycles. The van der Waals surface area contributed by atoms with Crippen LogP contribution in [0.1, 0.15) is 46.9 Å². The summed E-state index contributed by atoms with van der Waals surface area (Å²) in [6.45, 7) is 3.59. The summed E-state index contributed by atoms with van der Waals surface area (Å²) in [5, 5.41) is 5.83. The Morgan fingerprint density at radius 2 is 1.83 bits per heavy atom. The second-order valence-corrected chi connectivity index (χ2v) is 8.64. The summed E-state index contributed by atoms with van der Waals surface area (Å²) in [5.74, 6) is 0.859. The summed E-state index contributed by atoms with van der Waals surface area (Å²) in [5.41, 5.74) is 0.910. The number of para-hydroxylation sites is 1. The Hall–Kier alpha value is -3.75. The Kier molecular flexibility index (Phi) is 7.74. The van der Waals surface area contributed by atoms with Crippen molar-refractivity contribution >= 4 is 17.7 Å². The van der Waals surface area contributed by atoms with Crippen molar-refractivity contribution in [3.63, 3.8) is 0 Å². The zero-order valence-electron chi connectivity index (χ0n) is 20.0. The monoisotopic (exact) mass is 481 g/mol. The van der Waals surface area contributed by atoms with E-state index in [1.165, 1.54) is 0 Å². The first-order chi connectivity index (χ1) is 17.0. The van der Waals surface area contributed by atoms with Gasteiger partial charge in [-0.2, -0.15) is 0 Å². The fourth-order valence-electron chi connectivity index (χ4n) is 4.45. The molecule has 2 aromatic carbocycles. The molecule has 3 amide bonds. The van der Waals surface area contributed by atoms with Crippen LogP contribution in [0.5, 0.6) is 17.2 Å². The number of nitrogens with one attached hydrogen (secondary N) is 2. The van der Waals surface area contributed by atoms with Gasteiger partial charge in [-0.05, 0) is 55.5 Å². The van der Waals surface area contributed by atoms with Crippen LogP contribution < -0.4 is 24.8 Å². The van der Waals surface area contributed by atoms with Crippen LogP contribution in [-0.4, -0.2) is 62.2 Å². The number of carbonyl (C=O) groups excluding carboxylic acids is 3. The molecule has 0 bridgehead atoms. The standard InChI is InChI=1S/C26H31N3O6/c1-3-12-27-25(31)23(28-24(30)18-8-9-21-22(15-18)35-16-34-21)17-10-13-29(14-11-17)26(32)19-6-4-5-7-20(19)33-2/h4-9,15,17,23H,3,10-14,16H2,1-2H3,(H,27,31)(H,28,30). The van der Waals surface area contributed by atoms with Crippen molar-refractivity contribution in [3.05, 3.63) is 53.6 Å². The van der Waals surface area contributed by atoms with Gasteiger partial charge in [0.15, 0.2) is 11.5 Å². The molecule has 0 aliphatic carbocycles. The van der Waals surface area contributed by atoms with Gasteiger partial charge in [-0.1, -0.05) is 19.1 Å². The molecule has 2 N–H and O–H groups in total. The molecule has 0 spiro atoms. The Morgan fingerprint density at radius 1 is 1.09 bits per heavy atom. The van der Waals surface area contributed by atoms with Gasteiger partial charge in [0, 0.05) is 25.2 Å². The summed E-state index contributed by atoms with van der Waals surface area (Å²) >= 11 is 0. The van der Waals surface area contributed by atoms with E-state index >= 15 is 0 Å². The maximum absolute atomic E-state index is 13.1. The zero-order chi connectivity index (χ0) is 24.8. The number of hydrogen-bond donors (Lipinski definition) is 2. The Labute approximate surface area is 204 Å². The van der Waals surface area contributed by atoms with Crippen molar-refractivity contribution in [2.75, 3.05) is 33.5 Å². The van der Waals surface area contributed by atoms with E-state index in [0.717, 1.165) is 6.42 Å². The van der Waals surface area contributed by atoms with E-state index in [2.05, 4.69) is 10.6 Å². The summed E-state index contributed by atoms with van der Waals surface area (Å²) in [7, 11) is 1.54. The molecular formula is C26H31N3O6. The average molecular weight is 482 g/mol. The Bertz CT molecular complexity index is 1080. The summed E-state index contributed by atoms with van der Waals surface area (Å²) in [4.78, 5) is 40.9. The molecule has 2 aromatic rings. The number of piperidine rings is 1. The Balaban J connectivity index is 1.44. The van der Waals surface area contributed by atoms with Crippen molar-refractivity contribution in [2.24, 2.45) is 5.92 Å². The molecule has 9 heteroatoms. The number of ether oxygens (including phenoxy) is 3. The van der Waals surface area contributed by atoms with E-state index in [1.807, 2.05) is 19.1 Å². The van der Waals surface area contributed by atoms with Crippen LogP contribution in [0.2, 0.25) is 0 Å². The quantitative estimate of drug-likeness (QED) is 0.600. The molecule has 1 atom stereocenters. The SMILES string of the molecule is CCCNC(=O)C(NC(=O)c1ccc2c(c1)OCO2)C1CCN(C(=O)c2ccccc2OC)CC1. The van der Waals surface area contributed by atoms with Crippen molar-refractivity contribution in [2.45, 2.75) is 32.2 Å². The van der Waals surface area contributed by atoms with Crippen molar-refractivity contribution in [1.29, 1.82) is 0 Å². The number of benzene rings is 2. The molecule has 2 heterocycles. The van der Waals surface area contributed by atoms with Crippen LogP contribution in [0.25, 0.3) is 0 Å². The lowest BCUT2D eigenvalue weighted by Gasteiger charge is -2.36. The molecule has 35 heavy (non-hydrogen) atoms. The zero-order valence-corrected chi connectivity index (χ0v) is 20.0. The van der Waals surface area contributed by atoms with Gasteiger partial charge in [0.25, 0.3) is 11.8 Å². The summed E-state index contributed by atoms with van der Waals surface area (Å²) in [6.07, 6.45) is 1.97. The van der Waals surface area contributed by atoms with Gasteiger partial charge in [0.1, 0.15) is 11.8 Å². The van der Waals surface area contributed by atoms with Crippen LogP contribution in [0.3, 0.4) is 0 Å². The normalized spacial score (nSPS) is 15.9. The predicted octanol–water partition coefficient (Wildman–Crippen LogP) is 2.60. The van der Waals surface area contributed by atoms with Gasteiger partial charge < -0.3 is 29.7 Å². The van der Waals surface area contributed by atoms with Crippen molar-refractivity contribution in [3.8, 4) is 17.2 Å². The van der Waals surface area contributed by atoms with Gasteiger partial charge in [-0.25, -0.2) is 0 Å².